The third kappa shape index (κ3) is 8.64. The molecule has 0 amide bonds. The summed E-state index contributed by atoms with van der Waals surface area (Å²) in [6.07, 6.45) is 6.11. The second-order valence-corrected chi connectivity index (χ2v) is 4.00. The van der Waals surface area contributed by atoms with E-state index in [1.165, 1.54) is 26.2 Å². The van der Waals surface area contributed by atoms with Crippen LogP contribution in [0.5, 0.6) is 0 Å². The van der Waals surface area contributed by atoms with Gasteiger partial charge in [0.05, 0.1) is 0 Å². The Hall–Kier alpha value is 0.0500. The monoisotopic (exact) mass is 240 g/mol. The van der Waals surface area contributed by atoms with E-state index >= 15 is 0 Å². The van der Waals surface area contributed by atoms with Gasteiger partial charge in [0.1, 0.15) is 6.10 Å². The molecule has 0 bridgehead atoms. The van der Waals surface area contributed by atoms with Crippen molar-refractivity contribution < 1.29 is 9.53 Å². The van der Waals surface area contributed by atoms with Crippen molar-refractivity contribution in [2.24, 2.45) is 0 Å². The zero-order chi connectivity index (χ0) is 10.8. The smallest absolute Gasteiger partial charge is 0.302 e. The number of hydrogen-bond donors (Lipinski definition) is 0. The van der Waals surface area contributed by atoms with Crippen molar-refractivity contribution in [2.75, 3.05) is 11.8 Å². The molecule has 0 unspecified atom stereocenters. The fourth-order valence-electron chi connectivity index (χ4n) is 1.42. The minimum absolute atomic E-state index is 0.132. The topological polar surface area (TPSA) is 26.3 Å². The highest BCUT2D eigenvalue weighted by molar-refractivity contribution is 6.25. The largest absolute Gasteiger partial charge is 0.463 e. The SMILES string of the molecule is CC(=O)OC1CCCCC1.ClCCCl. The fourth-order valence-corrected chi connectivity index (χ4v) is 1.42. The lowest BCUT2D eigenvalue weighted by Crippen LogP contribution is -2.18. The molecule has 0 N–H and O–H groups in total. The number of rotatable bonds is 2. The molecule has 14 heavy (non-hydrogen) atoms. The van der Waals surface area contributed by atoms with Gasteiger partial charge < -0.3 is 4.74 Å². The molecule has 0 aromatic rings. The van der Waals surface area contributed by atoms with Gasteiger partial charge >= 0.3 is 5.97 Å². The van der Waals surface area contributed by atoms with Crippen molar-refractivity contribution in [3.05, 3.63) is 0 Å². The maximum atomic E-state index is 10.5. The summed E-state index contributed by atoms with van der Waals surface area (Å²) in [6.45, 7) is 1.48. The second-order valence-electron chi connectivity index (χ2n) is 3.25. The number of carbonyl (C=O) groups excluding carboxylic acids is 1. The molecular formula is C10H18Cl2O2. The van der Waals surface area contributed by atoms with Crippen molar-refractivity contribution in [1.82, 2.24) is 0 Å². The minimum Gasteiger partial charge on any atom is -0.463 e. The van der Waals surface area contributed by atoms with Gasteiger partial charge in [-0.1, -0.05) is 6.42 Å². The zero-order valence-electron chi connectivity index (χ0n) is 8.60. The molecule has 1 aliphatic rings. The average molecular weight is 241 g/mol. The fraction of sp³-hybridized carbons (Fsp3) is 0.900. The van der Waals surface area contributed by atoms with Crippen LogP contribution in [0.15, 0.2) is 0 Å². The Labute approximate surface area is 95.9 Å². The van der Waals surface area contributed by atoms with Gasteiger partial charge in [0.2, 0.25) is 0 Å². The van der Waals surface area contributed by atoms with Gasteiger partial charge in [0.15, 0.2) is 0 Å². The summed E-state index contributed by atoms with van der Waals surface area (Å²) in [6, 6.07) is 0. The Morgan fingerprint density at radius 2 is 1.71 bits per heavy atom. The van der Waals surface area contributed by atoms with Crippen molar-refractivity contribution >= 4 is 29.2 Å². The highest BCUT2D eigenvalue weighted by atomic mass is 35.5. The van der Waals surface area contributed by atoms with E-state index in [0.29, 0.717) is 11.8 Å². The van der Waals surface area contributed by atoms with E-state index in [1.54, 1.807) is 0 Å². The van der Waals surface area contributed by atoms with Gasteiger partial charge in [0.25, 0.3) is 0 Å². The van der Waals surface area contributed by atoms with Crippen LogP contribution in [0.1, 0.15) is 39.0 Å². The van der Waals surface area contributed by atoms with Crippen LogP contribution < -0.4 is 0 Å². The van der Waals surface area contributed by atoms with Gasteiger partial charge in [0, 0.05) is 18.7 Å². The van der Waals surface area contributed by atoms with Crippen LogP contribution >= 0.6 is 23.2 Å². The van der Waals surface area contributed by atoms with Gasteiger partial charge in [-0.15, -0.1) is 23.2 Å². The Morgan fingerprint density at radius 3 is 2.07 bits per heavy atom. The summed E-state index contributed by atoms with van der Waals surface area (Å²) >= 11 is 10.1. The average Bonchev–Trinajstić information content (AvgIpc) is 2.19. The van der Waals surface area contributed by atoms with Crippen molar-refractivity contribution in [3.63, 3.8) is 0 Å². The maximum absolute atomic E-state index is 10.5. The number of ether oxygens (including phenoxy) is 1. The molecule has 0 atom stereocenters. The zero-order valence-corrected chi connectivity index (χ0v) is 10.1. The predicted molar refractivity (Wildman–Crippen MR) is 60.1 cm³/mol. The van der Waals surface area contributed by atoms with Crippen LogP contribution in [-0.4, -0.2) is 23.8 Å². The van der Waals surface area contributed by atoms with E-state index in [9.17, 15) is 4.79 Å². The van der Waals surface area contributed by atoms with E-state index in [4.69, 9.17) is 27.9 Å². The molecule has 2 nitrogen and oxygen atoms in total. The summed E-state index contributed by atoms with van der Waals surface area (Å²) in [7, 11) is 0. The number of alkyl halides is 2. The predicted octanol–water partition coefficient (Wildman–Crippen LogP) is 3.35. The lowest BCUT2D eigenvalue weighted by Gasteiger charge is -2.20. The summed E-state index contributed by atoms with van der Waals surface area (Å²) in [5, 5.41) is 0. The molecular weight excluding hydrogens is 223 g/mol. The maximum Gasteiger partial charge on any atom is 0.302 e. The molecule has 0 saturated heterocycles. The van der Waals surface area contributed by atoms with Gasteiger partial charge in [-0.2, -0.15) is 0 Å². The first-order chi connectivity index (χ1) is 6.70. The molecule has 0 radical (unpaired) electrons. The Bertz CT molecular complexity index is 143. The standard InChI is InChI=1S/C8H14O2.C2H4Cl2/c1-7(9)10-8-5-3-2-4-6-8;3-1-2-4/h8H,2-6H2,1H3;1-2H2. The molecule has 0 spiro atoms. The summed E-state index contributed by atoms with van der Waals surface area (Å²) in [5.41, 5.74) is 0. The summed E-state index contributed by atoms with van der Waals surface area (Å²) < 4.78 is 5.05. The molecule has 84 valence electrons. The van der Waals surface area contributed by atoms with Gasteiger partial charge in [-0.05, 0) is 25.7 Å². The lowest BCUT2D eigenvalue weighted by molar-refractivity contribution is -0.147. The van der Waals surface area contributed by atoms with Crippen molar-refractivity contribution in [3.8, 4) is 0 Å². The third-order valence-electron chi connectivity index (χ3n) is 1.96. The molecule has 1 fully saturated rings. The normalized spacial score (nSPS) is 16.8. The Morgan fingerprint density at radius 1 is 1.21 bits per heavy atom. The van der Waals surface area contributed by atoms with E-state index in [2.05, 4.69) is 0 Å². The van der Waals surface area contributed by atoms with Crippen LogP contribution in [0.25, 0.3) is 0 Å². The minimum atomic E-state index is -0.132. The lowest BCUT2D eigenvalue weighted by atomic mass is 9.98. The number of hydrogen-bond acceptors (Lipinski definition) is 2. The molecule has 1 rings (SSSR count). The first-order valence-corrected chi connectivity index (χ1v) is 6.06. The first kappa shape index (κ1) is 14.1. The van der Waals surface area contributed by atoms with Crippen molar-refractivity contribution in [1.29, 1.82) is 0 Å². The van der Waals surface area contributed by atoms with Gasteiger partial charge in [-0.25, -0.2) is 0 Å². The van der Waals surface area contributed by atoms with Crippen molar-refractivity contribution in [2.45, 2.75) is 45.1 Å². The highest BCUT2D eigenvalue weighted by Gasteiger charge is 2.14. The third-order valence-corrected chi connectivity index (χ3v) is 2.53. The van der Waals surface area contributed by atoms with Crippen LogP contribution in [0, 0.1) is 0 Å². The summed E-state index contributed by atoms with van der Waals surface area (Å²) in [5.74, 6) is 0.982. The number of halogens is 2. The number of carbonyl (C=O) groups is 1. The number of esters is 1. The molecule has 0 heterocycles. The Kier molecular flexibility index (Phi) is 9.63. The van der Waals surface area contributed by atoms with E-state index in [1.807, 2.05) is 0 Å². The Balaban J connectivity index is 0.000000364. The van der Waals surface area contributed by atoms with E-state index in [0.717, 1.165) is 12.8 Å². The molecule has 1 saturated carbocycles. The van der Waals surface area contributed by atoms with E-state index in [-0.39, 0.29) is 12.1 Å². The highest BCUT2D eigenvalue weighted by Crippen LogP contribution is 2.19. The quantitative estimate of drug-likeness (QED) is 0.547. The van der Waals surface area contributed by atoms with Crippen LogP contribution in [0.2, 0.25) is 0 Å². The molecule has 4 heteroatoms. The first-order valence-electron chi connectivity index (χ1n) is 4.99. The van der Waals surface area contributed by atoms with Gasteiger partial charge in [-0.3, -0.25) is 4.79 Å². The van der Waals surface area contributed by atoms with Crippen LogP contribution in [-0.2, 0) is 9.53 Å². The van der Waals surface area contributed by atoms with E-state index < -0.39 is 0 Å². The molecule has 0 aromatic heterocycles. The van der Waals surface area contributed by atoms with Crippen LogP contribution in [0.3, 0.4) is 0 Å². The molecule has 0 aromatic carbocycles. The molecule has 0 aliphatic heterocycles. The molecule has 1 aliphatic carbocycles. The second kappa shape index (κ2) is 9.60. The van der Waals surface area contributed by atoms with Crippen LogP contribution in [0.4, 0.5) is 0 Å². The summed E-state index contributed by atoms with van der Waals surface area (Å²) in [4.78, 5) is 10.5.